The molecule has 0 spiro atoms. The average molecular weight is 748 g/mol. The van der Waals surface area contributed by atoms with Crippen molar-refractivity contribution < 1.29 is 54.2 Å². The molecule has 6 aromatic rings. The Kier molecular flexibility index (Phi) is 9.43. The number of fused-ring (bicyclic) bond motifs is 2. The van der Waals surface area contributed by atoms with Gasteiger partial charge < -0.3 is 24.7 Å². The van der Waals surface area contributed by atoms with Crippen LogP contribution in [-0.2, 0) is 25.8 Å². The third kappa shape index (κ3) is 7.52. The number of carbonyl (C=O) groups excluding carboxylic acids is 1. The number of hydrogen-bond acceptors (Lipinski definition) is 4. The summed E-state index contributed by atoms with van der Waals surface area (Å²) in [5.41, 5.74) is -3.18. The summed E-state index contributed by atoms with van der Waals surface area (Å²) in [4.78, 5) is 30.3. The van der Waals surface area contributed by atoms with Gasteiger partial charge in [-0.05, 0) is 66.1 Å². The second kappa shape index (κ2) is 13.6. The summed E-state index contributed by atoms with van der Waals surface area (Å²) in [7, 11) is 1.48. The average Bonchev–Trinajstić information content (AvgIpc) is 3.45. The third-order valence-electron chi connectivity index (χ3n) is 8.69. The van der Waals surface area contributed by atoms with Crippen molar-refractivity contribution in [3.8, 4) is 11.5 Å². The van der Waals surface area contributed by atoms with Crippen LogP contribution in [0.3, 0.4) is 0 Å². The van der Waals surface area contributed by atoms with Crippen LogP contribution in [0.1, 0.15) is 49.8 Å². The Labute approximate surface area is 293 Å². The lowest BCUT2D eigenvalue weighted by Gasteiger charge is -2.22. The van der Waals surface area contributed by atoms with Crippen LogP contribution in [0, 0.1) is 0 Å². The summed E-state index contributed by atoms with van der Waals surface area (Å²) in [6, 6.07) is 18.3. The zero-order chi connectivity index (χ0) is 38.5. The van der Waals surface area contributed by atoms with Crippen LogP contribution in [0.15, 0.2) is 95.8 Å². The van der Waals surface area contributed by atoms with Crippen LogP contribution in [0.5, 0.6) is 11.5 Å². The maximum Gasteiger partial charge on any atom is 0.573 e. The number of carbonyl (C=O) groups is 1. The maximum absolute atomic E-state index is 14.0. The van der Waals surface area contributed by atoms with Gasteiger partial charge in [0.15, 0.2) is 0 Å². The fourth-order valence-corrected chi connectivity index (χ4v) is 6.33. The van der Waals surface area contributed by atoms with E-state index in [-0.39, 0.29) is 41.2 Å². The molecule has 53 heavy (non-hydrogen) atoms. The first-order valence-electron chi connectivity index (χ1n) is 15.7. The Bertz CT molecular complexity index is 2360. The minimum absolute atomic E-state index is 0.0938. The van der Waals surface area contributed by atoms with Gasteiger partial charge in [-0.3, -0.25) is 9.59 Å². The SMILES string of the molecule is Cn1c(=O)c(C(c2ccc(OC(F)(F)F)cc2)c2[nH]c3ccccc3c2CCNC(=O)c2cc(C(F)(F)F)cc(C(F)(F)F)c2)c(O)c2ccccc21. The van der Waals surface area contributed by atoms with Crippen molar-refractivity contribution in [3.05, 3.63) is 140 Å². The lowest BCUT2D eigenvalue weighted by Crippen LogP contribution is -2.28. The number of H-pyrrole nitrogens is 1. The highest BCUT2D eigenvalue weighted by Gasteiger charge is 2.38. The molecular weight excluding hydrogens is 721 g/mol. The van der Waals surface area contributed by atoms with Crippen LogP contribution in [0.2, 0.25) is 0 Å². The number of nitrogens with one attached hydrogen (secondary N) is 2. The molecule has 6 rings (SSSR count). The lowest BCUT2D eigenvalue weighted by atomic mass is 9.85. The van der Waals surface area contributed by atoms with Gasteiger partial charge in [0.2, 0.25) is 0 Å². The van der Waals surface area contributed by atoms with Crippen molar-refractivity contribution in [3.63, 3.8) is 0 Å². The first kappa shape index (κ1) is 36.8. The fraction of sp³-hybridized carbons (Fsp3) is 0.189. The second-order valence-corrected chi connectivity index (χ2v) is 12.1. The molecule has 0 bridgehead atoms. The molecule has 0 aliphatic rings. The van der Waals surface area contributed by atoms with Gasteiger partial charge >= 0.3 is 18.7 Å². The molecule has 4 aromatic carbocycles. The Morgan fingerprint density at radius 1 is 0.830 bits per heavy atom. The van der Waals surface area contributed by atoms with Crippen LogP contribution in [-0.4, -0.2) is 33.5 Å². The van der Waals surface area contributed by atoms with E-state index in [2.05, 4.69) is 15.0 Å². The predicted molar refractivity (Wildman–Crippen MR) is 176 cm³/mol. The van der Waals surface area contributed by atoms with Gasteiger partial charge in [0.25, 0.3) is 11.5 Å². The number of aromatic hydroxyl groups is 1. The van der Waals surface area contributed by atoms with Crippen molar-refractivity contribution in [2.24, 2.45) is 7.05 Å². The number of ether oxygens (including phenoxy) is 1. The minimum atomic E-state index is -5.17. The van der Waals surface area contributed by atoms with Crippen molar-refractivity contribution in [1.29, 1.82) is 0 Å². The number of alkyl halides is 9. The topological polar surface area (TPSA) is 96.4 Å². The molecule has 0 saturated carbocycles. The number of amides is 1. The molecule has 2 aromatic heterocycles. The molecule has 276 valence electrons. The van der Waals surface area contributed by atoms with E-state index in [1.807, 2.05) is 0 Å². The van der Waals surface area contributed by atoms with E-state index in [0.29, 0.717) is 34.1 Å². The van der Waals surface area contributed by atoms with Crippen molar-refractivity contribution in [2.45, 2.75) is 31.1 Å². The highest BCUT2D eigenvalue weighted by molar-refractivity contribution is 5.95. The van der Waals surface area contributed by atoms with Gasteiger partial charge in [-0.15, -0.1) is 13.2 Å². The highest BCUT2D eigenvalue weighted by Crippen LogP contribution is 2.42. The van der Waals surface area contributed by atoms with Crippen LogP contribution < -0.4 is 15.6 Å². The number of para-hydroxylation sites is 2. The number of nitrogens with zero attached hydrogens (tertiary/aromatic N) is 1. The molecule has 3 N–H and O–H groups in total. The summed E-state index contributed by atoms with van der Waals surface area (Å²) in [6.07, 6.45) is -15.4. The normalized spacial score (nSPS) is 13.0. The van der Waals surface area contributed by atoms with Gasteiger partial charge in [0, 0.05) is 41.1 Å². The Morgan fingerprint density at radius 2 is 1.42 bits per heavy atom. The Balaban J connectivity index is 1.45. The first-order chi connectivity index (χ1) is 24.8. The lowest BCUT2D eigenvalue weighted by molar-refractivity contribution is -0.274. The molecule has 0 radical (unpaired) electrons. The van der Waals surface area contributed by atoms with Crippen LogP contribution in [0.4, 0.5) is 39.5 Å². The van der Waals surface area contributed by atoms with E-state index in [0.717, 1.165) is 12.1 Å². The minimum Gasteiger partial charge on any atom is -0.507 e. The van der Waals surface area contributed by atoms with E-state index in [1.165, 1.54) is 23.7 Å². The smallest absolute Gasteiger partial charge is 0.507 e. The molecule has 0 aliphatic heterocycles. The molecule has 0 fully saturated rings. The number of aromatic nitrogens is 2. The molecule has 7 nitrogen and oxygen atoms in total. The molecule has 2 heterocycles. The van der Waals surface area contributed by atoms with Gasteiger partial charge in [-0.1, -0.05) is 42.5 Å². The highest BCUT2D eigenvalue weighted by atomic mass is 19.4. The van der Waals surface area contributed by atoms with Gasteiger partial charge in [-0.25, -0.2) is 0 Å². The Morgan fingerprint density at radius 3 is 2.02 bits per heavy atom. The quantitative estimate of drug-likeness (QED) is 0.136. The van der Waals surface area contributed by atoms with Gasteiger partial charge in [-0.2, -0.15) is 26.3 Å². The number of benzene rings is 4. The van der Waals surface area contributed by atoms with E-state index in [4.69, 9.17) is 0 Å². The predicted octanol–water partition coefficient (Wildman–Crippen LogP) is 8.81. The van der Waals surface area contributed by atoms with Gasteiger partial charge in [0.1, 0.15) is 11.5 Å². The number of rotatable bonds is 8. The summed E-state index contributed by atoms with van der Waals surface area (Å²) in [5, 5.41) is 14.8. The fourth-order valence-electron chi connectivity index (χ4n) is 6.33. The largest absolute Gasteiger partial charge is 0.573 e. The summed E-state index contributed by atoms with van der Waals surface area (Å²) in [6.45, 7) is -0.321. The monoisotopic (exact) mass is 747 g/mol. The summed E-state index contributed by atoms with van der Waals surface area (Å²) in [5.74, 6) is -3.37. The number of pyridine rings is 1. The molecule has 1 amide bonds. The van der Waals surface area contributed by atoms with E-state index in [1.54, 1.807) is 48.5 Å². The number of halogens is 9. The third-order valence-corrected chi connectivity index (χ3v) is 8.69. The van der Waals surface area contributed by atoms with Crippen LogP contribution >= 0.6 is 0 Å². The molecule has 1 unspecified atom stereocenters. The zero-order valence-corrected chi connectivity index (χ0v) is 27.2. The maximum atomic E-state index is 14.0. The van der Waals surface area contributed by atoms with E-state index >= 15 is 0 Å². The number of hydrogen-bond donors (Lipinski definition) is 3. The number of aryl methyl sites for hydroxylation is 1. The molecule has 0 saturated heterocycles. The van der Waals surface area contributed by atoms with Crippen molar-refractivity contribution in [2.75, 3.05) is 6.54 Å². The summed E-state index contributed by atoms with van der Waals surface area (Å²) >= 11 is 0. The summed E-state index contributed by atoms with van der Waals surface area (Å²) < 4.78 is 125. The standard InChI is InChI=1S/C37H26F9N3O4/c1-49-28-9-5-3-7-26(28)32(50)30(34(49)52)29(19-10-12-23(13-11-19)53-37(44,45)46)31-25(24-6-2-4-8-27(24)48-31)14-15-47-33(51)20-16-21(35(38,39)40)18-22(17-20)36(41,42)43/h2-13,16-18,29,48,50H,14-15H2,1H3,(H,47,51). The molecule has 16 heteroatoms. The zero-order valence-electron chi connectivity index (χ0n) is 27.2. The number of aromatic amines is 1. The van der Waals surface area contributed by atoms with Crippen molar-refractivity contribution in [1.82, 2.24) is 14.9 Å². The molecular formula is C37H26F9N3O4. The van der Waals surface area contributed by atoms with Crippen LogP contribution in [0.25, 0.3) is 21.8 Å². The van der Waals surface area contributed by atoms with E-state index in [9.17, 15) is 54.2 Å². The first-order valence-corrected chi connectivity index (χ1v) is 15.7. The van der Waals surface area contributed by atoms with Crippen molar-refractivity contribution >= 4 is 27.7 Å². The van der Waals surface area contributed by atoms with E-state index < -0.39 is 64.3 Å². The molecule has 1 atom stereocenters. The Hall–Kier alpha value is -5.93. The van der Waals surface area contributed by atoms with Gasteiger partial charge in [0.05, 0.1) is 28.1 Å². The second-order valence-electron chi connectivity index (χ2n) is 12.1. The molecule has 0 aliphatic carbocycles.